The third kappa shape index (κ3) is 3.65. The molecule has 0 unspecified atom stereocenters. The topological polar surface area (TPSA) is 17.1 Å². The van der Waals surface area contributed by atoms with Crippen LogP contribution in [0.5, 0.6) is 0 Å². The molecule has 0 N–H and O–H groups in total. The minimum Gasteiger partial charge on any atom is -0.299 e. The van der Waals surface area contributed by atoms with E-state index >= 15 is 0 Å². The molecule has 0 aliphatic rings. The van der Waals surface area contributed by atoms with Gasteiger partial charge in [0.1, 0.15) is 11.6 Å². The van der Waals surface area contributed by atoms with Crippen LogP contribution in [0.4, 0.5) is 4.39 Å². The number of carbonyl (C=O) groups excluding carboxylic acids is 1. The molecular weight excluding hydrogens is 263 g/mol. The predicted molar refractivity (Wildman–Crippen MR) is 75.0 cm³/mol. The Morgan fingerprint density at radius 3 is 2.47 bits per heavy atom. The van der Waals surface area contributed by atoms with Crippen molar-refractivity contribution < 1.29 is 9.18 Å². The minimum absolute atomic E-state index is 0.0455. The van der Waals surface area contributed by atoms with E-state index in [-0.39, 0.29) is 24.4 Å². The van der Waals surface area contributed by atoms with Gasteiger partial charge in [-0.15, -0.1) is 0 Å². The molecule has 2 aromatic rings. The van der Waals surface area contributed by atoms with Crippen LogP contribution in [0, 0.1) is 12.7 Å². The van der Waals surface area contributed by atoms with Crippen molar-refractivity contribution in [3.8, 4) is 0 Å². The first-order chi connectivity index (χ1) is 9.06. The fraction of sp³-hybridized carbons (Fsp3) is 0.188. The van der Waals surface area contributed by atoms with E-state index in [0.717, 1.165) is 11.1 Å². The summed E-state index contributed by atoms with van der Waals surface area (Å²) in [4.78, 5) is 11.9. The monoisotopic (exact) mass is 276 g/mol. The maximum atomic E-state index is 13.4. The van der Waals surface area contributed by atoms with Crippen LogP contribution in [0.15, 0.2) is 42.5 Å². The van der Waals surface area contributed by atoms with Crippen LogP contribution in [-0.4, -0.2) is 5.78 Å². The van der Waals surface area contributed by atoms with Crippen molar-refractivity contribution in [1.29, 1.82) is 0 Å². The van der Waals surface area contributed by atoms with E-state index in [1.54, 1.807) is 18.2 Å². The van der Waals surface area contributed by atoms with E-state index in [1.807, 2.05) is 25.1 Å². The molecule has 1 nitrogen and oxygen atoms in total. The van der Waals surface area contributed by atoms with Gasteiger partial charge in [0.25, 0.3) is 0 Å². The van der Waals surface area contributed by atoms with Gasteiger partial charge < -0.3 is 0 Å². The molecule has 0 bridgehead atoms. The number of hydrogen-bond donors (Lipinski definition) is 0. The molecule has 0 aromatic heterocycles. The first-order valence-electron chi connectivity index (χ1n) is 6.06. The van der Waals surface area contributed by atoms with Gasteiger partial charge in [0, 0.05) is 17.9 Å². The summed E-state index contributed by atoms with van der Waals surface area (Å²) in [5.41, 5.74) is 2.26. The van der Waals surface area contributed by atoms with Gasteiger partial charge >= 0.3 is 0 Å². The number of ketones is 1. The van der Waals surface area contributed by atoms with Crippen molar-refractivity contribution in [2.24, 2.45) is 0 Å². The number of hydrogen-bond acceptors (Lipinski definition) is 1. The number of rotatable bonds is 4. The molecule has 19 heavy (non-hydrogen) atoms. The molecule has 0 spiro atoms. The summed E-state index contributed by atoms with van der Waals surface area (Å²) in [5.74, 6) is -0.387. The molecule has 0 aliphatic carbocycles. The Bertz CT molecular complexity index is 607. The highest BCUT2D eigenvalue weighted by atomic mass is 35.5. The summed E-state index contributed by atoms with van der Waals surface area (Å²) < 4.78 is 13.4. The van der Waals surface area contributed by atoms with Crippen LogP contribution in [-0.2, 0) is 17.6 Å². The van der Waals surface area contributed by atoms with Crippen molar-refractivity contribution in [3.63, 3.8) is 0 Å². The Kier molecular flexibility index (Phi) is 4.33. The van der Waals surface area contributed by atoms with E-state index in [1.165, 1.54) is 6.07 Å². The zero-order valence-corrected chi connectivity index (χ0v) is 11.4. The SMILES string of the molecule is Cc1ccc(CC(=O)Cc2ccccc2F)c(Cl)c1. The van der Waals surface area contributed by atoms with E-state index < -0.39 is 0 Å². The standard InChI is InChI=1S/C16H14ClFO/c1-11-6-7-12(15(17)8-11)9-14(19)10-13-4-2-3-5-16(13)18/h2-8H,9-10H2,1H3. The summed E-state index contributed by atoms with van der Waals surface area (Å²) in [7, 11) is 0. The van der Waals surface area contributed by atoms with Gasteiger partial charge in [0.05, 0.1) is 0 Å². The van der Waals surface area contributed by atoms with Gasteiger partial charge in [-0.2, -0.15) is 0 Å². The molecule has 0 saturated carbocycles. The summed E-state index contributed by atoms with van der Waals surface area (Å²) >= 11 is 6.08. The first kappa shape index (κ1) is 13.8. The number of halogens is 2. The lowest BCUT2D eigenvalue weighted by Crippen LogP contribution is -2.08. The van der Waals surface area contributed by atoms with Gasteiger partial charge in [-0.25, -0.2) is 4.39 Å². The first-order valence-corrected chi connectivity index (χ1v) is 6.44. The van der Waals surface area contributed by atoms with Crippen molar-refractivity contribution in [3.05, 3.63) is 70.0 Å². The normalized spacial score (nSPS) is 10.5. The number of aryl methyl sites for hydroxylation is 1. The van der Waals surface area contributed by atoms with Gasteiger partial charge in [0.2, 0.25) is 0 Å². The van der Waals surface area contributed by atoms with Crippen LogP contribution >= 0.6 is 11.6 Å². The minimum atomic E-state index is -0.342. The van der Waals surface area contributed by atoms with Gasteiger partial charge in [-0.3, -0.25) is 4.79 Å². The zero-order valence-electron chi connectivity index (χ0n) is 10.6. The van der Waals surface area contributed by atoms with E-state index in [4.69, 9.17) is 11.6 Å². The average molecular weight is 277 g/mol. The van der Waals surface area contributed by atoms with E-state index in [9.17, 15) is 9.18 Å². The molecule has 3 heteroatoms. The van der Waals surface area contributed by atoms with Crippen LogP contribution in [0.25, 0.3) is 0 Å². The Labute approximate surface area is 117 Å². The van der Waals surface area contributed by atoms with Crippen LogP contribution in [0.2, 0.25) is 5.02 Å². The van der Waals surface area contributed by atoms with Crippen LogP contribution in [0.1, 0.15) is 16.7 Å². The Hall–Kier alpha value is -1.67. The number of carbonyl (C=O) groups is 1. The maximum absolute atomic E-state index is 13.4. The van der Waals surface area contributed by atoms with Crippen LogP contribution in [0.3, 0.4) is 0 Å². The molecule has 0 saturated heterocycles. The second-order valence-corrected chi connectivity index (χ2v) is 4.99. The van der Waals surface area contributed by atoms with Gasteiger partial charge in [0.15, 0.2) is 0 Å². The van der Waals surface area contributed by atoms with Crippen molar-refractivity contribution >= 4 is 17.4 Å². The van der Waals surface area contributed by atoms with Gasteiger partial charge in [-0.1, -0.05) is 41.9 Å². The molecule has 0 fully saturated rings. The van der Waals surface area contributed by atoms with E-state index in [0.29, 0.717) is 10.6 Å². The Balaban J connectivity index is 2.08. The lowest BCUT2D eigenvalue weighted by molar-refractivity contribution is -0.117. The van der Waals surface area contributed by atoms with Crippen molar-refractivity contribution in [1.82, 2.24) is 0 Å². The quantitative estimate of drug-likeness (QED) is 0.820. The van der Waals surface area contributed by atoms with E-state index in [2.05, 4.69) is 0 Å². The summed E-state index contributed by atoms with van der Waals surface area (Å²) in [6.07, 6.45) is 0.324. The largest absolute Gasteiger partial charge is 0.299 e. The summed E-state index contributed by atoms with van der Waals surface area (Å²) in [6, 6.07) is 11.9. The molecule has 0 aliphatic heterocycles. The maximum Gasteiger partial charge on any atom is 0.141 e. The summed E-state index contributed by atoms with van der Waals surface area (Å²) in [6.45, 7) is 1.94. The third-order valence-corrected chi connectivity index (χ3v) is 3.29. The third-order valence-electron chi connectivity index (χ3n) is 2.94. The average Bonchev–Trinajstić information content (AvgIpc) is 2.36. The van der Waals surface area contributed by atoms with Crippen molar-refractivity contribution in [2.75, 3.05) is 0 Å². The second-order valence-electron chi connectivity index (χ2n) is 4.58. The fourth-order valence-corrected chi connectivity index (χ4v) is 2.23. The smallest absolute Gasteiger partial charge is 0.141 e. The number of benzene rings is 2. The van der Waals surface area contributed by atoms with Crippen LogP contribution < -0.4 is 0 Å². The highest BCUT2D eigenvalue weighted by Gasteiger charge is 2.10. The molecular formula is C16H14ClFO. The molecule has 0 amide bonds. The molecule has 2 aromatic carbocycles. The highest BCUT2D eigenvalue weighted by molar-refractivity contribution is 6.31. The summed E-state index contributed by atoms with van der Waals surface area (Å²) in [5, 5.41) is 0.585. The zero-order chi connectivity index (χ0) is 13.8. The fourth-order valence-electron chi connectivity index (χ4n) is 1.92. The molecule has 2 rings (SSSR count). The lowest BCUT2D eigenvalue weighted by atomic mass is 10.0. The van der Waals surface area contributed by atoms with Crippen molar-refractivity contribution in [2.45, 2.75) is 19.8 Å². The second kappa shape index (κ2) is 5.98. The van der Waals surface area contributed by atoms with Gasteiger partial charge in [-0.05, 0) is 35.7 Å². The highest BCUT2D eigenvalue weighted by Crippen LogP contribution is 2.19. The number of Topliss-reactive ketones (excluding diaryl/α,β-unsaturated/α-hetero) is 1. The molecule has 98 valence electrons. The Morgan fingerprint density at radius 1 is 1.11 bits per heavy atom. The predicted octanol–water partition coefficient (Wildman–Crippen LogP) is 4.14. The Morgan fingerprint density at radius 2 is 1.79 bits per heavy atom. The molecule has 0 atom stereocenters. The lowest BCUT2D eigenvalue weighted by Gasteiger charge is -2.06. The molecule has 0 heterocycles. The molecule has 0 radical (unpaired) electrons.